The quantitative estimate of drug-likeness (QED) is 0.821. The third-order valence-electron chi connectivity index (χ3n) is 3.00. The molecule has 0 aromatic heterocycles. The van der Waals surface area contributed by atoms with Gasteiger partial charge in [0.2, 0.25) is 5.75 Å². The maximum Gasteiger partial charge on any atom is 0.203 e. The Morgan fingerprint density at radius 1 is 1.00 bits per heavy atom. The summed E-state index contributed by atoms with van der Waals surface area (Å²) in [7, 11) is 4.68. The Morgan fingerprint density at radius 3 is 2.00 bits per heavy atom. The van der Waals surface area contributed by atoms with Crippen LogP contribution in [0.5, 0.6) is 17.2 Å². The van der Waals surface area contributed by atoms with Gasteiger partial charge in [-0.2, -0.15) is 0 Å². The van der Waals surface area contributed by atoms with E-state index in [2.05, 4.69) is 0 Å². The molecule has 2 rings (SSSR count). The van der Waals surface area contributed by atoms with Crippen molar-refractivity contribution in [2.24, 2.45) is 0 Å². The molecule has 0 fully saturated rings. The molecular formula is C14H16O4. The Balaban J connectivity index is 2.53. The largest absolute Gasteiger partial charge is 0.493 e. The first-order valence-electron chi connectivity index (χ1n) is 5.75. The molecule has 4 heteroatoms. The van der Waals surface area contributed by atoms with Crippen molar-refractivity contribution in [3.05, 3.63) is 23.8 Å². The zero-order valence-electron chi connectivity index (χ0n) is 10.8. The van der Waals surface area contributed by atoms with Crippen LogP contribution >= 0.6 is 0 Å². The van der Waals surface area contributed by atoms with Crippen molar-refractivity contribution < 1.29 is 19.0 Å². The van der Waals surface area contributed by atoms with E-state index in [0.29, 0.717) is 23.7 Å². The minimum absolute atomic E-state index is 0.157. The highest BCUT2D eigenvalue weighted by Gasteiger charge is 2.21. The molecule has 1 aliphatic carbocycles. The monoisotopic (exact) mass is 248 g/mol. The Bertz CT molecular complexity index is 478. The molecule has 0 amide bonds. The van der Waals surface area contributed by atoms with Crippen molar-refractivity contribution in [3.63, 3.8) is 0 Å². The summed E-state index contributed by atoms with van der Waals surface area (Å²) >= 11 is 0. The SMILES string of the molecule is COc1cc(C2=CCCC2=O)cc(OC)c1OC. The first-order valence-corrected chi connectivity index (χ1v) is 5.75. The molecule has 96 valence electrons. The average Bonchev–Trinajstić information content (AvgIpc) is 2.83. The second kappa shape index (κ2) is 5.12. The number of rotatable bonds is 4. The zero-order valence-corrected chi connectivity index (χ0v) is 10.8. The Morgan fingerprint density at radius 2 is 1.61 bits per heavy atom. The summed E-state index contributed by atoms with van der Waals surface area (Å²) in [6, 6.07) is 3.60. The van der Waals surface area contributed by atoms with Gasteiger partial charge in [0.25, 0.3) is 0 Å². The molecule has 0 N–H and O–H groups in total. The van der Waals surface area contributed by atoms with Gasteiger partial charge < -0.3 is 14.2 Å². The van der Waals surface area contributed by atoms with Crippen molar-refractivity contribution >= 4 is 11.4 Å². The van der Waals surface area contributed by atoms with Gasteiger partial charge in [0, 0.05) is 12.0 Å². The van der Waals surface area contributed by atoms with Gasteiger partial charge in [-0.15, -0.1) is 0 Å². The van der Waals surface area contributed by atoms with Gasteiger partial charge in [-0.05, 0) is 24.1 Å². The van der Waals surface area contributed by atoms with Gasteiger partial charge in [-0.1, -0.05) is 6.08 Å². The highest BCUT2D eigenvalue weighted by Crippen LogP contribution is 2.40. The molecular weight excluding hydrogens is 232 g/mol. The number of hydrogen-bond donors (Lipinski definition) is 0. The van der Waals surface area contributed by atoms with E-state index >= 15 is 0 Å². The number of Topliss-reactive ketones (excluding diaryl/α,β-unsaturated/α-hetero) is 1. The van der Waals surface area contributed by atoms with Crippen molar-refractivity contribution in [1.82, 2.24) is 0 Å². The number of methoxy groups -OCH3 is 3. The first-order chi connectivity index (χ1) is 8.71. The summed E-state index contributed by atoms with van der Waals surface area (Å²) in [6.07, 6.45) is 3.32. The van der Waals surface area contributed by atoms with E-state index in [4.69, 9.17) is 14.2 Å². The molecule has 0 unspecified atom stereocenters. The zero-order chi connectivity index (χ0) is 13.1. The van der Waals surface area contributed by atoms with Gasteiger partial charge >= 0.3 is 0 Å². The summed E-state index contributed by atoms with van der Waals surface area (Å²) in [5.74, 6) is 1.82. The van der Waals surface area contributed by atoms with Crippen LogP contribution in [-0.4, -0.2) is 27.1 Å². The standard InChI is InChI=1S/C14H16O4/c1-16-12-7-9(10-5-4-6-11(10)15)8-13(17-2)14(12)18-3/h5,7-8H,4,6H2,1-3H3. The van der Waals surface area contributed by atoms with Gasteiger partial charge in [0.15, 0.2) is 17.3 Å². The smallest absolute Gasteiger partial charge is 0.203 e. The molecule has 0 saturated heterocycles. The maximum absolute atomic E-state index is 11.7. The van der Waals surface area contributed by atoms with Crippen LogP contribution in [0.1, 0.15) is 18.4 Å². The van der Waals surface area contributed by atoms with Gasteiger partial charge in [0.1, 0.15) is 0 Å². The summed E-state index contributed by atoms with van der Waals surface area (Å²) in [5, 5.41) is 0. The molecule has 1 aromatic rings. The fourth-order valence-corrected chi connectivity index (χ4v) is 2.11. The fourth-order valence-electron chi connectivity index (χ4n) is 2.11. The maximum atomic E-state index is 11.7. The molecule has 0 radical (unpaired) electrons. The summed E-state index contributed by atoms with van der Waals surface area (Å²) in [5.41, 5.74) is 1.54. The van der Waals surface area contributed by atoms with Crippen LogP contribution in [0, 0.1) is 0 Å². The minimum Gasteiger partial charge on any atom is -0.493 e. The molecule has 0 heterocycles. The second-order valence-corrected chi connectivity index (χ2v) is 3.99. The highest BCUT2D eigenvalue weighted by atomic mass is 16.5. The lowest BCUT2D eigenvalue weighted by molar-refractivity contribution is -0.113. The second-order valence-electron chi connectivity index (χ2n) is 3.99. The number of benzene rings is 1. The predicted molar refractivity (Wildman–Crippen MR) is 68.3 cm³/mol. The van der Waals surface area contributed by atoms with Gasteiger partial charge in [-0.25, -0.2) is 0 Å². The molecule has 0 saturated carbocycles. The number of carbonyl (C=O) groups excluding carboxylic acids is 1. The highest BCUT2D eigenvalue weighted by molar-refractivity contribution is 6.22. The predicted octanol–water partition coefficient (Wildman–Crippen LogP) is 2.46. The molecule has 1 aliphatic rings. The molecule has 0 bridgehead atoms. The summed E-state index contributed by atoms with van der Waals surface area (Å²) < 4.78 is 15.8. The summed E-state index contributed by atoms with van der Waals surface area (Å²) in [4.78, 5) is 11.7. The van der Waals surface area contributed by atoms with Gasteiger partial charge in [-0.3, -0.25) is 4.79 Å². The number of ether oxygens (including phenoxy) is 3. The van der Waals surface area contributed by atoms with E-state index in [1.807, 2.05) is 6.08 Å². The molecule has 4 nitrogen and oxygen atoms in total. The van der Waals surface area contributed by atoms with E-state index < -0.39 is 0 Å². The molecule has 0 spiro atoms. The number of ketones is 1. The number of carbonyl (C=O) groups is 1. The van der Waals surface area contributed by atoms with Crippen LogP contribution in [0.4, 0.5) is 0 Å². The van der Waals surface area contributed by atoms with Crippen molar-refractivity contribution in [2.75, 3.05) is 21.3 Å². The van der Waals surface area contributed by atoms with E-state index in [1.165, 1.54) is 0 Å². The average molecular weight is 248 g/mol. The van der Waals surface area contributed by atoms with E-state index in [9.17, 15) is 4.79 Å². The number of hydrogen-bond acceptors (Lipinski definition) is 4. The fraction of sp³-hybridized carbons (Fsp3) is 0.357. The minimum atomic E-state index is 0.157. The third-order valence-corrected chi connectivity index (χ3v) is 3.00. The summed E-state index contributed by atoms with van der Waals surface area (Å²) in [6.45, 7) is 0. The van der Waals surface area contributed by atoms with Crippen molar-refractivity contribution in [3.8, 4) is 17.2 Å². The van der Waals surface area contributed by atoms with E-state index in [-0.39, 0.29) is 5.78 Å². The Kier molecular flexibility index (Phi) is 3.55. The van der Waals surface area contributed by atoms with Crippen LogP contribution in [0.2, 0.25) is 0 Å². The molecule has 0 atom stereocenters. The topological polar surface area (TPSA) is 44.8 Å². The van der Waals surface area contributed by atoms with Gasteiger partial charge in [0.05, 0.1) is 21.3 Å². The van der Waals surface area contributed by atoms with Crippen LogP contribution in [0.25, 0.3) is 5.57 Å². The Hall–Kier alpha value is -1.97. The lowest BCUT2D eigenvalue weighted by atomic mass is 10.0. The molecule has 18 heavy (non-hydrogen) atoms. The Labute approximate surface area is 106 Å². The third kappa shape index (κ3) is 2.06. The van der Waals surface area contributed by atoms with Crippen LogP contribution in [0.3, 0.4) is 0 Å². The van der Waals surface area contributed by atoms with E-state index in [1.54, 1.807) is 33.5 Å². The lowest BCUT2D eigenvalue weighted by Crippen LogP contribution is -1.99. The molecule has 1 aromatic carbocycles. The van der Waals surface area contributed by atoms with Crippen LogP contribution in [-0.2, 0) is 4.79 Å². The van der Waals surface area contributed by atoms with Crippen molar-refractivity contribution in [1.29, 1.82) is 0 Å². The lowest BCUT2D eigenvalue weighted by Gasteiger charge is -2.14. The van der Waals surface area contributed by atoms with Crippen LogP contribution < -0.4 is 14.2 Å². The number of allylic oxidation sites excluding steroid dienone is 2. The van der Waals surface area contributed by atoms with Crippen molar-refractivity contribution in [2.45, 2.75) is 12.8 Å². The van der Waals surface area contributed by atoms with E-state index in [0.717, 1.165) is 17.6 Å². The van der Waals surface area contributed by atoms with Crippen LogP contribution in [0.15, 0.2) is 18.2 Å². The first kappa shape index (κ1) is 12.5. The molecule has 0 aliphatic heterocycles. The normalized spacial score (nSPS) is 14.4.